The summed E-state index contributed by atoms with van der Waals surface area (Å²) in [5.74, 6) is 0.527. The quantitative estimate of drug-likeness (QED) is 0.828. The van der Waals surface area contributed by atoms with Crippen LogP contribution in [0.4, 0.5) is 5.69 Å². The minimum absolute atomic E-state index is 0.0359. The van der Waals surface area contributed by atoms with E-state index in [1.165, 1.54) is 0 Å². The fourth-order valence-electron chi connectivity index (χ4n) is 2.51. The lowest BCUT2D eigenvalue weighted by atomic mass is 10.1. The Morgan fingerprint density at radius 3 is 3.10 bits per heavy atom. The first-order valence-electron chi connectivity index (χ1n) is 7.35. The highest BCUT2D eigenvalue weighted by Gasteiger charge is 2.20. The molecule has 1 atom stereocenters. The normalized spacial score (nSPS) is 19.0. The number of pyridine rings is 1. The van der Waals surface area contributed by atoms with Gasteiger partial charge in [-0.1, -0.05) is 6.92 Å². The molecule has 1 aliphatic heterocycles. The third-order valence-electron chi connectivity index (χ3n) is 3.67. The molecule has 5 nitrogen and oxygen atoms in total. The number of rotatable bonds is 6. The Morgan fingerprint density at radius 1 is 1.55 bits per heavy atom. The summed E-state index contributed by atoms with van der Waals surface area (Å²) in [6.45, 7) is 5.89. The molecular formula is C15H24N4O. The number of carbonyl (C=O) groups is 1. The molecule has 2 rings (SSSR count). The summed E-state index contributed by atoms with van der Waals surface area (Å²) in [4.78, 5) is 18.6. The largest absolute Gasteiger partial charge is 0.384 e. The van der Waals surface area contributed by atoms with Crippen LogP contribution < -0.4 is 10.6 Å². The van der Waals surface area contributed by atoms with Crippen molar-refractivity contribution in [2.24, 2.45) is 5.92 Å². The molecule has 0 spiro atoms. The van der Waals surface area contributed by atoms with Gasteiger partial charge in [0.05, 0.1) is 11.3 Å². The Morgan fingerprint density at radius 2 is 2.40 bits per heavy atom. The molecule has 2 N–H and O–H groups in total. The van der Waals surface area contributed by atoms with Gasteiger partial charge in [0, 0.05) is 32.0 Å². The van der Waals surface area contributed by atoms with Gasteiger partial charge in [-0.15, -0.1) is 0 Å². The maximum atomic E-state index is 12.3. The molecule has 1 aromatic rings. The van der Waals surface area contributed by atoms with Crippen LogP contribution >= 0.6 is 0 Å². The molecule has 1 aliphatic rings. The molecule has 0 aromatic carbocycles. The van der Waals surface area contributed by atoms with Crippen LogP contribution in [0, 0.1) is 5.92 Å². The van der Waals surface area contributed by atoms with Crippen molar-refractivity contribution < 1.29 is 4.79 Å². The van der Waals surface area contributed by atoms with E-state index in [9.17, 15) is 4.79 Å². The molecule has 1 saturated heterocycles. The highest BCUT2D eigenvalue weighted by molar-refractivity contribution is 5.99. The summed E-state index contributed by atoms with van der Waals surface area (Å²) >= 11 is 0. The molecule has 1 aromatic heterocycles. The summed E-state index contributed by atoms with van der Waals surface area (Å²) in [6, 6.07) is 1.86. The zero-order chi connectivity index (χ0) is 14.4. The van der Waals surface area contributed by atoms with Crippen molar-refractivity contribution in [1.82, 2.24) is 15.2 Å². The van der Waals surface area contributed by atoms with E-state index in [0.717, 1.165) is 44.7 Å². The lowest BCUT2D eigenvalue weighted by molar-refractivity contribution is 0.0948. The third kappa shape index (κ3) is 3.93. The second-order valence-electron chi connectivity index (χ2n) is 5.48. The average molecular weight is 276 g/mol. The zero-order valence-corrected chi connectivity index (χ0v) is 12.4. The minimum Gasteiger partial charge on any atom is -0.384 e. The van der Waals surface area contributed by atoms with Crippen LogP contribution in [0.2, 0.25) is 0 Å². The van der Waals surface area contributed by atoms with Gasteiger partial charge >= 0.3 is 0 Å². The molecule has 1 unspecified atom stereocenters. The second kappa shape index (κ2) is 7.24. The molecule has 0 aliphatic carbocycles. The molecule has 0 radical (unpaired) electrons. The van der Waals surface area contributed by atoms with Gasteiger partial charge in [0.1, 0.15) is 0 Å². The van der Waals surface area contributed by atoms with Crippen LogP contribution in [0.3, 0.4) is 0 Å². The molecule has 110 valence electrons. The lowest BCUT2D eigenvalue weighted by Gasteiger charge is -2.14. The van der Waals surface area contributed by atoms with Gasteiger partial charge in [-0.05, 0) is 38.4 Å². The summed E-state index contributed by atoms with van der Waals surface area (Å²) in [5.41, 5.74) is 1.50. The molecule has 0 saturated carbocycles. The highest BCUT2D eigenvalue weighted by atomic mass is 16.1. The number of amides is 1. The molecule has 20 heavy (non-hydrogen) atoms. The van der Waals surface area contributed by atoms with Crippen molar-refractivity contribution >= 4 is 11.6 Å². The Hall–Kier alpha value is -1.62. The van der Waals surface area contributed by atoms with Crippen LogP contribution in [0.5, 0.6) is 0 Å². The van der Waals surface area contributed by atoms with E-state index < -0.39 is 0 Å². The number of likely N-dealkylation sites (tertiary alicyclic amines) is 1. The first kappa shape index (κ1) is 14.8. The zero-order valence-electron chi connectivity index (χ0n) is 12.4. The van der Waals surface area contributed by atoms with E-state index in [2.05, 4.69) is 34.5 Å². The van der Waals surface area contributed by atoms with Gasteiger partial charge in [-0.3, -0.25) is 9.78 Å². The van der Waals surface area contributed by atoms with E-state index in [1.54, 1.807) is 12.4 Å². The summed E-state index contributed by atoms with van der Waals surface area (Å²) in [7, 11) is 2.12. The van der Waals surface area contributed by atoms with Crippen molar-refractivity contribution in [2.75, 3.05) is 38.5 Å². The Labute approximate surface area is 120 Å². The van der Waals surface area contributed by atoms with Crippen LogP contribution in [0.25, 0.3) is 0 Å². The standard InChI is InChI=1S/C15H24N4O/c1-3-6-17-14-4-7-16-10-13(14)15(20)18-9-12-5-8-19(2)11-12/h4,7,10,12H,3,5-6,8-9,11H2,1-2H3,(H,16,17)(H,18,20). The minimum atomic E-state index is -0.0359. The van der Waals surface area contributed by atoms with Gasteiger partial charge in [0.2, 0.25) is 0 Å². The van der Waals surface area contributed by atoms with Crippen LogP contribution in [0.1, 0.15) is 30.1 Å². The number of nitrogens with zero attached hydrogens (tertiary/aromatic N) is 2. The smallest absolute Gasteiger partial charge is 0.254 e. The molecule has 5 heteroatoms. The topological polar surface area (TPSA) is 57.3 Å². The van der Waals surface area contributed by atoms with Crippen molar-refractivity contribution in [1.29, 1.82) is 0 Å². The van der Waals surface area contributed by atoms with E-state index in [0.29, 0.717) is 11.5 Å². The maximum Gasteiger partial charge on any atom is 0.254 e. The Kier molecular flexibility index (Phi) is 5.35. The van der Waals surface area contributed by atoms with Gasteiger partial charge in [-0.2, -0.15) is 0 Å². The van der Waals surface area contributed by atoms with Crippen LogP contribution in [-0.4, -0.2) is 49.0 Å². The molecular weight excluding hydrogens is 252 g/mol. The first-order valence-corrected chi connectivity index (χ1v) is 7.35. The number of nitrogens with one attached hydrogen (secondary N) is 2. The number of hydrogen-bond donors (Lipinski definition) is 2. The maximum absolute atomic E-state index is 12.3. The lowest BCUT2D eigenvalue weighted by Crippen LogP contribution is -2.31. The monoisotopic (exact) mass is 276 g/mol. The number of carbonyl (C=O) groups excluding carboxylic acids is 1. The number of anilines is 1. The Bertz CT molecular complexity index is 449. The van der Waals surface area contributed by atoms with Gasteiger partial charge in [0.15, 0.2) is 0 Å². The second-order valence-corrected chi connectivity index (χ2v) is 5.48. The molecule has 1 amide bonds. The van der Waals surface area contributed by atoms with Gasteiger partial charge < -0.3 is 15.5 Å². The van der Waals surface area contributed by atoms with Crippen LogP contribution in [-0.2, 0) is 0 Å². The van der Waals surface area contributed by atoms with Gasteiger partial charge in [0.25, 0.3) is 5.91 Å². The van der Waals surface area contributed by atoms with Crippen molar-refractivity contribution in [2.45, 2.75) is 19.8 Å². The number of aromatic nitrogens is 1. The van der Waals surface area contributed by atoms with Gasteiger partial charge in [-0.25, -0.2) is 0 Å². The summed E-state index contributed by atoms with van der Waals surface area (Å²) in [6.07, 6.45) is 5.53. The predicted octanol–water partition coefficient (Wildman–Crippen LogP) is 1.58. The summed E-state index contributed by atoms with van der Waals surface area (Å²) < 4.78 is 0. The molecule has 0 bridgehead atoms. The van der Waals surface area contributed by atoms with Crippen molar-refractivity contribution in [3.05, 3.63) is 24.0 Å². The fraction of sp³-hybridized carbons (Fsp3) is 0.600. The predicted molar refractivity (Wildman–Crippen MR) is 81.0 cm³/mol. The van der Waals surface area contributed by atoms with Crippen LogP contribution in [0.15, 0.2) is 18.5 Å². The van der Waals surface area contributed by atoms with E-state index in [4.69, 9.17) is 0 Å². The van der Waals surface area contributed by atoms with Crippen molar-refractivity contribution in [3.8, 4) is 0 Å². The Balaban J connectivity index is 1.91. The summed E-state index contributed by atoms with van der Waals surface area (Å²) in [5, 5.41) is 6.30. The fourth-order valence-corrected chi connectivity index (χ4v) is 2.51. The highest BCUT2D eigenvalue weighted by Crippen LogP contribution is 2.15. The first-order chi connectivity index (χ1) is 9.70. The average Bonchev–Trinajstić information content (AvgIpc) is 2.88. The van der Waals surface area contributed by atoms with E-state index in [-0.39, 0.29) is 5.91 Å². The molecule has 1 fully saturated rings. The number of hydrogen-bond acceptors (Lipinski definition) is 4. The molecule has 2 heterocycles. The van der Waals surface area contributed by atoms with Crippen molar-refractivity contribution in [3.63, 3.8) is 0 Å². The van der Waals surface area contributed by atoms with E-state index in [1.807, 2.05) is 6.07 Å². The third-order valence-corrected chi connectivity index (χ3v) is 3.67. The van der Waals surface area contributed by atoms with E-state index >= 15 is 0 Å². The SMILES string of the molecule is CCCNc1ccncc1C(=O)NCC1CCN(C)C1.